The Balaban J connectivity index is 1.43. The van der Waals surface area contributed by atoms with Crippen molar-refractivity contribution < 1.29 is 62.7 Å². The number of carbonyl (C=O) groups is 1. The minimum atomic E-state index is -4.39. The number of hydrogen-bond acceptors (Lipinski definition) is 22. The molecule has 1 aromatic carbocycles. The number of aryl methyl sites for hydroxylation is 1. The number of para-hydroxylation sites is 2. The molecule has 0 aliphatic rings. The van der Waals surface area contributed by atoms with Crippen LogP contribution in [0.1, 0.15) is 24.8 Å². The highest BCUT2D eigenvalue weighted by Crippen LogP contribution is 2.41. The van der Waals surface area contributed by atoms with Crippen molar-refractivity contribution in [2.45, 2.75) is 37.3 Å². The lowest BCUT2D eigenvalue weighted by Crippen LogP contribution is -2.31. The number of ether oxygens (including phenoxy) is 4. The second-order valence-electron chi connectivity index (χ2n) is 11.2. The van der Waals surface area contributed by atoms with Crippen LogP contribution in [0.3, 0.4) is 0 Å². The van der Waals surface area contributed by atoms with Crippen LogP contribution in [0.4, 0.5) is 5.82 Å². The average molecular weight is 802 g/mol. The first-order chi connectivity index (χ1) is 26.9. The van der Waals surface area contributed by atoms with Crippen molar-refractivity contribution >= 4 is 21.8 Å². The highest BCUT2D eigenvalue weighted by molar-refractivity contribution is 7.92. The molecule has 25 heteroatoms. The molecule has 0 aliphatic carbocycles. The smallest absolute Gasteiger partial charge is 0.305 e. The van der Waals surface area contributed by atoms with E-state index in [1.165, 1.54) is 31.6 Å². The topological polar surface area (TPSA) is 312 Å². The summed E-state index contributed by atoms with van der Waals surface area (Å²) in [6.45, 7) is 0.616. The van der Waals surface area contributed by atoms with Crippen molar-refractivity contribution in [3.05, 3.63) is 66.5 Å². The molecule has 24 nitrogen and oxygen atoms in total. The number of tetrazole rings is 1. The molecule has 0 spiro atoms. The summed E-state index contributed by atoms with van der Waals surface area (Å²) >= 11 is 0. The van der Waals surface area contributed by atoms with Gasteiger partial charge in [0.05, 0.1) is 17.9 Å². The van der Waals surface area contributed by atoms with E-state index in [1.807, 2.05) is 0 Å². The van der Waals surface area contributed by atoms with Gasteiger partial charge < -0.3 is 18.9 Å². The van der Waals surface area contributed by atoms with Gasteiger partial charge in [-0.15, -0.1) is 10.2 Å². The monoisotopic (exact) mass is 801 g/mol. The third-order valence-corrected chi connectivity index (χ3v) is 8.46. The van der Waals surface area contributed by atoms with Gasteiger partial charge in [0.2, 0.25) is 11.6 Å². The molecule has 0 aliphatic heterocycles. The van der Waals surface area contributed by atoms with Crippen molar-refractivity contribution in [1.82, 2.24) is 51.3 Å². The number of anilines is 1. The molecule has 298 valence electrons. The van der Waals surface area contributed by atoms with E-state index < -0.39 is 39.5 Å². The summed E-state index contributed by atoms with van der Waals surface area (Å²) < 4.78 is 52.6. The number of pyridine rings is 2. The van der Waals surface area contributed by atoms with Crippen LogP contribution < -0.4 is 18.9 Å². The Hall–Kier alpha value is -6.03. The van der Waals surface area contributed by atoms with E-state index in [1.54, 1.807) is 43.3 Å². The van der Waals surface area contributed by atoms with E-state index >= 15 is 0 Å². The summed E-state index contributed by atoms with van der Waals surface area (Å²) in [5, 5.41) is 47.6. The first kappa shape index (κ1) is 41.1. The van der Waals surface area contributed by atoms with Gasteiger partial charge in [-0.3, -0.25) is 35.3 Å². The number of hydrogen-bond donors (Lipinski definition) is 6. The first-order valence-corrected chi connectivity index (χ1v) is 17.7. The molecule has 0 amide bonds. The second-order valence-corrected chi connectivity index (χ2v) is 12.8. The zero-order valence-corrected chi connectivity index (χ0v) is 30.3. The molecule has 1 atom stereocenters. The lowest BCUT2D eigenvalue weighted by molar-refractivity contribution is -0.527. The molecule has 56 heavy (non-hydrogen) atoms. The van der Waals surface area contributed by atoms with Crippen LogP contribution in [0.15, 0.2) is 66.0 Å². The van der Waals surface area contributed by atoms with Gasteiger partial charge in [-0.05, 0) is 60.9 Å². The summed E-state index contributed by atoms with van der Waals surface area (Å²) in [5.74, 6) is -1.07. The number of esters is 1. The Labute approximate surface area is 317 Å². The maximum atomic E-state index is 13.7. The van der Waals surface area contributed by atoms with Crippen LogP contribution in [0.5, 0.6) is 23.1 Å². The van der Waals surface area contributed by atoms with E-state index in [2.05, 4.69) is 55.0 Å². The molecule has 6 N–H and O–H groups in total. The van der Waals surface area contributed by atoms with Gasteiger partial charge in [-0.1, -0.05) is 18.2 Å². The third kappa shape index (κ3) is 11.7. The molecule has 5 rings (SSSR count). The van der Waals surface area contributed by atoms with Crippen molar-refractivity contribution in [2.24, 2.45) is 0 Å². The quantitative estimate of drug-likeness (QED) is 0.0353. The molecule has 5 aromatic rings. The molecular formula is C31H35N11O13S. The van der Waals surface area contributed by atoms with E-state index in [0.29, 0.717) is 5.56 Å². The summed E-state index contributed by atoms with van der Waals surface area (Å²) in [7, 11) is -2.98. The Bertz CT molecular complexity index is 2150. The fourth-order valence-corrected chi connectivity index (χ4v) is 5.61. The number of sulfonamides is 1. The van der Waals surface area contributed by atoms with Gasteiger partial charge in [-0.25, -0.2) is 19.6 Å². The molecule has 1 unspecified atom stereocenters. The molecule has 0 radical (unpaired) electrons. The van der Waals surface area contributed by atoms with E-state index in [-0.39, 0.29) is 83.8 Å². The van der Waals surface area contributed by atoms with Gasteiger partial charge in [0.15, 0.2) is 28.2 Å². The number of nitrogens with one attached hydrogen (secondary N) is 2. The van der Waals surface area contributed by atoms with Crippen LogP contribution in [-0.2, 0) is 29.2 Å². The van der Waals surface area contributed by atoms with Crippen LogP contribution in [0.2, 0.25) is 0 Å². The molecule has 0 fully saturated rings. The number of methoxy groups -OCH3 is 1. The zero-order valence-electron chi connectivity index (χ0n) is 29.5. The number of nitrogens with zero attached hydrogens (tertiary/aromatic N) is 9. The fourth-order valence-electron chi connectivity index (χ4n) is 4.68. The van der Waals surface area contributed by atoms with Crippen LogP contribution in [0.25, 0.3) is 22.9 Å². The Morgan fingerprint density at radius 2 is 1.79 bits per heavy atom. The summed E-state index contributed by atoms with van der Waals surface area (Å²) in [5.41, 5.74) is 1.34. The minimum Gasteiger partial charge on any atom is -0.493 e. The highest BCUT2D eigenvalue weighted by atomic mass is 32.2. The predicted molar refractivity (Wildman–Crippen MR) is 183 cm³/mol. The summed E-state index contributed by atoms with van der Waals surface area (Å²) in [4.78, 5) is 38.9. The van der Waals surface area contributed by atoms with Crippen molar-refractivity contribution in [3.8, 4) is 46.0 Å². The van der Waals surface area contributed by atoms with Crippen LogP contribution in [0, 0.1) is 6.92 Å². The maximum absolute atomic E-state index is 13.7. The number of rotatable bonds is 21. The van der Waals surface area contributed by atoms with Gasteiger partial charge in [0.1, 0.15) is 31.6 Å². The van der Waals surface area contributed by atoms with Crippen molar-refractivity contribution in [2.75, 3.05) is 31.7 Å². The number of carbonyl (C=O) groups excluding carboxylic acids is 1. The number of H-pyrrole nitrogens is 1. The first-order valence-electron chi connectivity index (χ1n) is 16.2. The predicted octanol–water partition coefficient (Wildman–Crippen LogP) is 2.51. The van der Waals surface area contributed by atoms with Gasteiger partial charge in [0.25, 0.3) is 15.9 Å². The Morgan fingerprint density at radius 1 is 0.982 bits per heavy atom. The van der Waals surface area contributed by atoms with E-state index in [9.17, 15) is 13.2 Å². The van der Waals surface area contributed by atoms with E-state index in [0.717, 1.165) is 5.56 Å². The Kier molecular flexibility index (Phi) is 14.3. The van der Waals surface area contributed by atoms with Crippen LogP contribution >= 0.6 is 0 Å². The lowest BCUT2D eigenvalue weighted by Gasteiger charge is -2.19. The van der Waals surface area contributed by atoms with Crippen LogP contribution in [-0.4, -0.2) is 120 Å². The normalized spacial score (nSPS) is 12.1. The number of benzene rings is 1. The third-order valence-electron chi connectivity index (χ3n) is 7.21. The van der Waals surface area contributed by atoms with Gasteiger partial charge in [0, 0.05) is 24.4 Å². The maximum Gasteiger partial charge on any atom is 0.305 e. The van der Waals surface area contributed by atoms with Gasteiger partial charge >= 0.3 is 5.97 Å². The minimum absolute atomic E-state index is 0.00462. The largest absolute Gasteiger partial charge is 0.493 e. The average Bonchev–Trinajstić information content (AvgIpc) is 3.72. The summed E-state index contributed by atoms with van der Waals surface area (Å²) in [6, 6.07) is 12.5. The van der Waals surface area contributed by atoms with Crippen molar-refractivity contribution in [3.63, 3.8) is 0 Å². The molecule has 0 saturated carbocycles. The molecular weight excluding hydrogens is 766 g/mol. The fraction of sp³-hybridized carbons (Fsp3) is 0.290. The molecule has 4 aromatic heterocycles. The van der Waals surface area contributed by atoms with E-state index in [4.69, 9.17) is 39.8 Å². The number of aromatic amines is 1. The molecule has 0 bridgehead atoms. The second kappa shape index (κ2) is 19.5. The zero-order chi connectivity index (χ0) is 40.1. The van der Waals surface area contributed by atoms with Crippen molar-refractivity contribution in [1.29, 1.82) is 0 Å². The molecule has 4 heterocycles. The lowest BCUT2D eigenvalue weighted by atomic mass is 10.1. The Morgan fingerprint density at radius 3 is 2.48 bits per heavy atom. The molecule has 0 saturated heterocycles. The SMILES string of the molecule is COc1ccccc1Oc1c(NS(=O)(=O)c2ccc(C)cn2)nc(-c2ccnc(-c3nn[nH]n3)c2)nc1OCCOC(=O)CCCC(CON(O)O)ON(O)O. The highest BCUT2D eigenvalue weighted by Gasteiger charge is 2.27. The number of aromatic nitrogens is 8. The standard InChI is InChI=1S/C31H35N11O13S/c1-19-10-11-25(33-17-19)56(48,49)38-30-27(54-24-8-4-3-7-23(24)50-2)31(35-28(34-30)20-12-13-32-22(16-20)29-36-39-40-37-29)52-15-14-51-26(43)9-5-6-21(55-42(46)47)18-53-41(44)45/h3-4,7-8,10-13,16-17,21,44-47H,5-6,9,14-15,18H2,1-2H3,(H,34,35,38)(H,36,37,39,40). The summed E-state index contributed by atoms with van der Waals surface area (Å²) in [6.07, 6.45) is 1.67. The van der Waals surface area contributed by atoms with Gasteiger partial charge in [-0.2, -0.15) is 18.6 Å².